The Morgan fingerprint density at radius 3 is 2.25 bits per heavy atom. The minimum atomic E-state index is -0.729. The molecule has 4 rings (SSSR count). The van der Waals surface area contributed by atoms with Crippen LogP contribution in [-0.4, -0.2) is 10.9 Å². The van der Waals surface area contributed by atoms with E-state index < -0.39 is 11.6 Å². The summed E-state index contributed by atoms with van der Waals surface area (Å²) >= 11 is 1.11. The van der Waals surface area contributed by atoms with Crippen molar-refractivity contribution in [3.05, 3.63) is 95.6 Å². The summed E-state index contributed by atoms with van der Waals surface area (Å²) in [6.07, 6.45) is 0.195. The number of rotatable bonds is 5. The first-order chi connectivity index (χ1) is 13.6. The summed E-state index contributed by atoms with van der Waals surface area (Å²) in [5.74, 6) is -1.55. The molecule has 3 aromatic carbocycles. The number of hydrogen-bond acceptors (Lipinski definition) is 3. The SMILES string of the molecule is O=C(Cc1ccccc1)N(Cc1ccccc1)c1nc2c(F)cc(F)cc2s1. The number of aromatic nitrogens is 1. The summed E-state index contributed by atoms with van der Waals surface area (Å²) in [6.45, 7) is 0.302. The Hall–Kier alpha value is -3.12. The highest BCUT2D eigenvalue weighted by Gasteiger charge is 2.22. The van der Waals surface area contributed by atoms with Crippen LogP contribution in [-0.2, 0) is 17.8 Å². The van der Waals surface area contributed by atoms with Gasteiger partial charge in [-0.05, 0) is 17.2 Å². The summed E-state index contributed by atoms with van der Waals surface area (Å²) < 4.78 is 28.0. The van der Waals surface area contributed by atoms with Crippen molar-refractivity contribution in [2.75, 3.05) is 4.90 Å². The number of fused-ring (bicyclic) bond motifs is 1. The predicted molar refractivity (Wildman–Crippen MR) is 107 cm³/mol. The monoisotopic (exact) mass is 394 g/mol. The lowest BCUT2D eigenvalue weighted by Gasteiger charge is -2.20. The molecule has 0 unspecified atom stereocenters. The fraction of sp³-hybridized carbons (Fsp3) is 0.0909. The molecule has 1 heterocycles. The van der Waals surface area contributed by atoms with Gasteiger partial charge in [-0.25, -0.2) is 13.8 Å². The maximum atomic E-state index is 14.1. The van der Waals surface area contributed by atoms with Gasteiger partial charge in [0.2, 0.25) is 5.91 Å². The number of thiazole rings is 1. The number of benzene rings is 3. The summed E-state index contributed by atoms with van der Waals surface area (Å²) in [5.41, 5.74) is 1.88. The second kappa shape index (κ2) is 7.86. The van der Waals surface area contributed by atoms with E-state index in [2.05, 4.69) is 4.98 Å². The van der Waals surface area contributed by atoms with E-state index in [0.29, 0.717) is 16.4 Å². The van der Waals surface area contributed by atoms with Gasteiger partial charge in [-0.1, -0.05) is 72.0 Å². The molecule has 0 fully saturated rings. The molecule has 28 heavy (non-hydrogen) atoms. The van der Waals surface area contributed by atoms with Crippen LogP contribution in [0.4, 0.5) is 13.9 Å². The van der Waals surface area contributed by atoms with Gasteiger partial charge in [0.15, 0.2) is 10.9 Å². The molecule has 140 valence electrons. The molecular formula is C22H16F2N2OS. The molecular weight excluding hydrogens is 378 g/mol. The average Bonchev–Trinajstić information content (AvgIpc) is 3.11. The Morgan fingerprint density at radius 2 is 1.57 bits per heavy atom. The van der Waals surface area contributed by atoms with E-state index in [1.807, 2.05) is 60.7 Å². The van der Waals surface area contributed by atoms with Crippen LogP contribution < -0.4 is 4.90 Å². The van der Waals surface area contributed by atoms with E-state index in [4.69, 9.17) is 0 Å². The summed E-state index contributed by atoms with van der Waals surface area (Å²) in [6, 6.07) is 21.0. The second-order valence-electron chi connectivity index (χ2n) is 6.36. The topological polar surface area (TPSA) is 33.2 Å². The molecule has 0 aliphatic rings. The van der Waals surface area contributed by atoms with Gasteiger partial charge < -0.3 is 0 Å². The first-order valence-electron chi connectivity index (χ1n) is 8.74. The van der Waals surface area contributed by atoms with Gasteiger partial charge in [-0.2, -0.15) is 0 Å². The molecule has 0 radical (unpaired) electrons. The van der Waals surface area contributed by atoms with Gasteiger partial charge in [0.25, 0.3) is 0 Å². The summed E-state index contributed by atoms with van der Waals surface area (Å²) in [7, 11) is 0. The van der Waals surface area contributed by atoms with Crippen LogP contribution in [0.5, 0.6) is 0 Å². The molecule has 0 saturated carbocycles. The van der Waals surface area contributed by atoms with E-state index in [9.17, 15) is 13.6 Å². The Labute approximate surface area is 164 Å². The van der Waals surface area contributed by atoms with Crippen molar-refractivity contribution in [2.24, 2.45) is 0 Å². The zero-order valence-electron chi connectivity index (χ0n) is 14.8. The number of amides is 1. The molecule has 0 saturated heterocycles. The second-order valence-corrected chi connectivity index (χ2v) is 7.37. The smallest absolute Gasteiger partial charge is 0.233 e. The van der Waals surface area contributed by atoms with Crippen molar-refractivity contribution in [3.8, 4) is 0 Å². The summed E-state index contributed by atoms with van der Waals surface area (Å²) in [4.78, 5) is 18.9. The lowest BCUT2D eigenvalue weighted by Crippen LogP contribution is -2.31. The van der Waals surface area contributed by atoms with Crippen LogP contribution in [0.1, 0.15) is 11.1 Å². The van der Waals surface area contributed by atoms with E-state index >= 15 is 0 Å². The molecule has 0 aliphatic heterocycles. The quantitative estimate of drug-likeness (QED) is 0.457. The number of carbonyl (C=O) groups is 1. The first-order valence-corrected chi connectivity index (χ1v) is 9.55. The van der Waals surface area contributed by atoms with Crippen LogP contribution in [0.2, 0.25) is 0 Å². The minimum Gasteiger partial charge on any atom is -0.283 e. The lowest BCUT2D eigenvalue weighted by molar-refractivity contribution is -0.118. The standard InChI is InChI=1S/C22H16F2N2OS/c23-17-12-18(24)21-19(13-17)28-22(25-21)26(14-16-9-5-2-6-10-16)20(27)11-15-7-3-1-4-8-15/h1-10,12-13H,11,14H2. The molecule has 0 spiro atoms. The predicted octanol–water partition coefficient (Wildman–Crippen LogP) is 5.35. The molecule has 0 atom stereocenters. The van der Waals surface area contributed by atoms with E-state index in [1.54, 1.807) is 0 Å². The molecule has 1 amide bonds. The lowest BCUT2D eigenvalue weighted by atomic mass is 10.1. The van der Waals surface area contributed by atoms with E-state index in [1.165, 1.54) is 11.0 Å². The van der Waals surface area contributed by atoms with Crippen LogP contribution >= 0.6 is 11.3 Å². The van der Waals surface area contributed by atoms with Gasteiger partial charge in [0.05, 0.1) is 17.7 Å². The van der Waals surface area contributed by atoms with Gasteiger partial charge in [0.1, 0.15) is 11.3 Å². The third-order valence-corrected chi connectivity index (χ3v) is 5.34. The Kier molecular flexibility index (Phi) is 5.12. The zero-order chi connectivity index (χ0) is 19.5. The minimum absolute atomic E-state index is 0.0759. The molecule has 0 N–H and O–H groups in total. The number of nitrogens with zero attached hydrogens (tertiary/aromatic N) is 2. The third-order valence-electron chi connectivity index (χ3n) is 4.32. The van der Waals surface area contributed by atoms with Crippen molar-refractivity contribution in [1.82, 2.24) is 4.98 Å². The molecule has 3 nitrogen and oxygen atoms in total. The van der Waals surface area contributed by atoms with Crippen molar-refractivity contribution in [2.45, 2.75) is 13.0 Å². The highest BCUT2D eigenvalue weighted by Crippen LogP contribution is 2.32. The Morgan fingerprint density at radius 1 is 0.929 bits per heavy atom. The molecule has 1 aromatic heterocycles. The number of halogens is 2. The number of hydrogen-bond donors (Lipinski definition) is 0. The van der Waals surface area contributed by atoms with Crippen LogP contribution in [0, 0.1) is 11.6 Å². The molecule has 0 aliphatic carbocycles. The van der Waals surface area contributed by atoms with Crippen LogP contribution in [0.25, 0.3) is 10.2 Å². The van der Waals surface area contributed by atoms with Crippen molar-refractivity contribution in [1.29, 1.82) is 0 Å². The highest BCUT2D eigenvalue weighted by atomic mass is 32.1. The van der Waals surface area contributed by atoms with Crippen LogP contribution in [0.3, 0.4) is 0 Å². The zero-order valence-corrected chi connectivity index (χ0v) is 15.6. The molecule has 4 aromatic rings. The maximum absolute atomic E-state index is 14.1. The van der Waals surface area contributed by atoms with Gasteiger partial charge >= 0.3 is 0 Å². The maximum Gasteiger partial charge on any atom is 0.233 e. The van der Waals surface area contributed by atoms with Crippen LogP contribution in [0.15, 0.2) is 72.8 Å². The van der Waals surface area contributed by atoms with Gasteiger partial charge in [0, 0.05) is 6.07 Å². The van der Waals surface area contributed by atoms with Gasteiger partial charge in [-0.3, -0.25) is 9.69 Å². The van der Waals surface area contributed by atoms with E-state index in [0.717, 1.165) is 28.5 Å². The van der Waals surface area contributed by atoms with Crippen molar-refractivity contribution >= 4 is 32.6 Å². The fourth-order valence-corrected chi connectivity index (χ4v) is 3.98. The largest absolute Gasteiger partial charge is 0.283 e. The Bertz CT molecular complexity index is 1110. The molecule has 0 bridgehead atoms. The molecule has 6 heteroatoms. The third kappa shape index (κ3) is 3.92. The average molecular weight is 394 g/mol. The Balaban J connectivity index is 1.72. The van der Waals surface area contributed by atoms with Crippen molar-refractivity contribution < 1.29 is 13.6 Å². The van der Waals surface area contributed by atoms with Gasteiger partial charge in [-0.15, -0.1) is 0 Å². The van der Waals surface area contributed by atoms with E-state index in [-0.39, 0.29) is 17.8 Å². The van der Waals surface area contributed by atoms with Crippen molar-refractivity contribution in [3.63, 3.8) is 0 Å². The normalized spacial score (nSPS) is 10.9. The fourth-order valence-electron chi connectivity index (χ4n) is 2.96. The summed E-state index contributed by atoms with van der Waals surface area (Å²) in [5, 5.41) is 0.351. The number of carbonyl (C=O) groups excluding carboxylic acids is 1. The first kappa shape index (κ1) is 18.3. The highest BCUT2D eigenvalue weighted by molar-refractivity contribution is 7.22. The number of anilines is 1.